The monoisotopic (exact) mass is 487 g/mol. The Morgan fingerprint density at radius 3 is 2.41 bits per heavy atom. The van der Waals surface area contributed by atoms with Gasteiger partial charge in [0.2, 0.25) is 15.9 Å². The molecule has 11 heteroatoms. The number of hydrogen-bond donors (Lipinski definition) is 2. The number of imide groups is 1. The van der Waals surface area contributed by atoms with Crippen LogP contribution in [0.5, 0.6) is 0 Å². The minimum absolute atomic E-state index is 0.134. The molecule has 182 valence electrons. The summed E-state index contributed by atoms with van der Waals surface area (Å²) in [7, 11) is -3.67. The third-order valence-electron chi connectivity index (χ3n) is 7.01. The predicted molar refractivity (Wildman–Crippen MR) is 122 cm³/mol. The van der Waals surface area contributed by atoms with E-state index >= 15 is 0 Å². The predicted octanol–water partition coefficient (Wildman–Crippen LogP) is 1.33. The summed E-state index contributed by atoms with van der Waals surface area (Å²) in [6.45, 7) is 1.08. The van der Waals surface area contributed by atoms with Crippen molar-refractivity contribution >= 4 is 27.9 Å². The molecule has 1 aromatic rings. The minimum atomic E-state index is -3.67. The maximum absolute atomic E-state index is 12.8. The Kier molecular flexibility index (Phi) is 6.91. The fourth-order valence-corrected chi connectivity index (χ4v) is 6.47. The summed E-state index contributed by atoms with van der Waals surface area (Å²) >= 11 is 0. The largest absolute Gasteiger partial charge is 0.356 e. The third kappa shape index (κ3) is 4.65. The zero-order chi connectivity index (χ0) is 24.3. The number of rotatable bonds is 7. The summed E-state index contributed by atoms with van der Waals surface area (Å²) in [5, 5.41) is 14.6. The van der Waals surface area contributed by atoms with Crippen molar-refractivity contribution in [3.8, 4) is 6.07 Å². The molecule has 2 heterocycles. The summed E-state index contributed by atoms with van der Waals surface area (Å²) in [5.74, 6) is -0.581. The number of sulfonamides is 1. The Balaban J connectivity index is 1.21. The lowest BCUT2D eigenvalue weighted by molar-refractivity contribution is -0.131. The average Bonchev–Trinajstić information content (AvgIpc) is 3.41. The van der Waals surface area contributed by atoms with Crippen LogP contribution in [-0.2, 0) is 19.6 Å². The lowest BCUT2D eigenvalue weighted by atomic mass is 9.97. The lowest BCUT2D eigenvalue weighted by Crippen LogP contribution is -2.44. The standard InChI is InChI=1S/C23H29N5O5S/c24-16-17-4-6-19(7-5-17)34(32,33)27-14-8-18(9-15-27)20(29)25-12-3-13-28-21(30)23(26-22(28)31)10-1-2-11-23/h4-7,18H,1-3,8-15H2,(H,25,29)(H,26,31). The van der Waals surface area contributed by atoms with E-state index in [2.05, 4.69) is 10.6 Å². The number of amides is 4. The normalized spacial score (nSPS) is 21.0. The van der Waals surface area contributed by atoms with Gasteiger partial charge in [0.1, 0.15) is 5.54 Å². The van der Waals surface area contributed by atoms with Crippen LogP contribution >= 0.6 is 0 Å². The summed E-state index contributed by atoms with van der Waals surface area (Å²) < 4.78 is 27.0. The molecule has 1 aromatic carbocycles. The van der Waals surface area contributed by atoms with Crippen LogP contribution in [0.3, 0.4) is 0 Å². The Bertz CT molecular complexity index is 1100. The van der Waals surface area contributed by atoms with Gasteiger partial charge in [0.05, 0.1) is 16.5 Å². The average molecular weight is 488 g/mol. The summed E-state index contributed by atoms with van der Waals surface area (Å²) in [6, 6.07) is 7.40. The van der Waals surface area contributed by atoms with Crippen molar-refractivity contribution in [1.29, 1.82) is 5.26 Å². The summed E-state index contributed by atoms with van der Waals surface area (Å²) in [5.41, 5.74) is -0.325. The lowest BCUT2D eigenvalue weighted by Gasteiger charge is -2.30. The highest BCUT2D eigenvalue weighted by Crippen LogP contribution is 2.35. The van der Waals surface area contributed by atoms with Crippen molar-refractivity contribution in [2.24, 2.45) is 5.92 Å². The molecule has 1 saturated carbocycles. The zero-order valence-electron chi connectivity index (χ0n) is 19.0. The number of hydrogen-bond acceptors (Lipinski definition) is 6. The number of nitriles is 1. The quantitative estimate of drug-likeness (QED) is 0.439. The molecule has 0 radical (unpaired) electrons. The van der Waals surface area contributed by atoms with E-state index in [0.717, 1.165) is 12.8 Å². The van der Waals surface area contributed by atoms with Crippen LogP contribution in [0.1, 0.15) is 50.5 Å². The number of nitrogens with one attached hydrogen (secondary N) is 2. The molecule has 0 aromatic heterocycles. The zero-order valence-corrected chi connectivity index (χ0v) is 19.8. The van der Waals surface area contributed by atoms with E-state index in [-0.39, 0.29) is 48.3 Å². The molecule has 2 N–H and O–H groups in total. The van der Waals surface area contributed by atoms with Gasteiger partial charge in [0, 0.05) is 32.1 Å². The van der Waals surface area contributed by atoms with Crippen LogP contribution in [0.25, 0.3) is 0 Å². The highest BCUT2D eigenvalue weighted by Gasteiger charge is 2.52. The van der Waals surface area contributed by atoms with Crippen molar-refractivity contribution in [3.63, 3.8) is 0 Å². The second-order valence-electron chi connectivity index (χ2n) is 9.14. The molecule has 4 rings (SSSR count). The Hall–Kier alpha value is -2.97. The van der Waals surface area contributed by atoms with Gasteiger partial charge in [-0.3, -0.25) is 14.5 Å². The van der Waals surface area contributed by atoms with Crippen LogP contribution in [0.15, 0.2) is 29.2 Å². The molecule has 0 unspecified atom stereocenters. The fraction of sp³-hybridized carbons (Fsp3) is 0.565. The van der Waals surface area contributed by atoms with E-state index in [1.54, 1.807) is 0 Å². The highest BCUT2D eigenvalue weighted by molar-refractivity contribution is 7.89. The molecule has 1 spiro atoms. The molecule has 2 saturated heterocycles. The minimum Gasteiger partial charge on any atom is -0.356 e. The van der Waals surface area contributed by atoms with Crippen molar-refractivity contribution in [1.82, 2.24) is 19.8 Å². The van der Waals surface area contributed by atoms with Crippen LogP contribution in [0.4, 0.5) is 4.79 Å². The smallest absolute Gasteiger partial charge is 0.325 e. The first-order chi connectivity index (χ1) is 16.3. The first-order valence-electron chi connectivity index (χ1n) is 11.7. The molecule has 0 atom stereocenters. The second kappa shape index (κ2) is 9.72. The first kappa shape index (κ1) is 24.2. The van der Waals surface area contributed by atoms with Crippen LogP contribution in [0, 0.1) is 17.2 Å². The van der Waals surface area contributed by atoms with Gasteiger partial charge < -0.3 is 10.6 Å². The second-order valence-corrected chi connectivity index (χ2v) is 11.1. The molecule has 2 aliphatic heterocycles. The molecule has 3 fully saturated rings. The SMILES string of the molecule is N#Cc1ccc(S(=O)(=O)N2CCC(C(=O)NCCCN3C(=O)NC4(CCCC4)C3=O)CC2)cc1. The van der Waals surface area contributed by atoms with Crippen LogP contribution < -0.4 is 10.6 Å². The number of carbonyl (C=O) groups excluding carboxylic acids is 3. The Morgan fingerprint density at radius 1 is 1.15 bits per heavy atom. The molecular weight excluding hydrogens is 458 g/mol. The molecule has 34 heavy (non-hydrogen) atoms. The molecule has 1 aliphatic carbocycles. The van der Waals surface area contributed by atoms with Gasteiger partial charge in [0.15, 0.2) is 0 Å². The van der Waals surface area contributed by atoms with Crippen molar-refractivity contribution < 1.29 is 22.8 Å². The number of carbonyl (C=O) groups is 3. The number of benzene rings is 1. The maximum atomic E-state index is 12.8. The summed E-state index contributed by atoms with van der Waals surface area (Å²) in [6.07, 6.45) is 4.53. The van der Waals surface area contributed by atoms with Crippen molar-refractivity contribution in [2.75, 3.05) is 26.2 Å². The molecule has 10 nitrogen and oxygen atoms in total. The molecule has 4 amide bonds. The number of urea groups is 1. The maximum Gasteiger partial charge on any atom is 0.325 e. The van der Waals surface area contributed by atoms with Crippen molar-refractivity contribution in [3.05, 3.63) is 29.8 Å². The van der Waals surface area contributed by atoms with E-state index in [0.29, 0.717) is 44.2 Å². The van der Waals surface area contributed by atoms with Gasteiger partial charge in [0.25, 0.3) is 5.91 Å². The van der Waals surface area contributed by atoms with Gasteiger partial charge in [-0.15, -0.1) is 0 Å². The molecule has 0 bridgehead atoms. The van der Waals surface area contributed by atoms with Gasteiger partial charge in [-0.1, -0.05) is 12.8 Å². The van der Waals surface area contributed by atoms with Crippen LogP contribution in [0.2, 0.25) is 0 Å². The van der Waals surface area contributed by atoms with Gasteiger partial charge in [-0.05, 0) is 56.4 Å². The fourth-order valence-electron chi connectivity index (χ4n) is 5.00. The molecular formula is C23H29N5O5S. The van der Waals surface area contributed by atoms with E-state index in [1.807, 2.05) is 6.07 Å². The molecule has 3 aliphatic rings. The van der Waals surface area contributed by atoms with E-state index in [9.17, 15) is 22.8 Å². The Labute approximate surface area is 199 Å². The first-order valence-corrected chi connectivity index (χ1v) is 13.1. The highest BCUT2D eigenvalue weighted by atomic mass is 32.2. The number of piperidine rings is 1. The summed E-state index contributed by atoms with van der Waals surface area (Å²) in [4.78, 5) is 38.8. The van der Waals surface area contributed by atoms with Gasteiger partial charge >= 0.3 is 6.03 Å². The van der Waals surface area contributed by atoms with Crippen LogP contribution in [-0.4, -0.2) is 67.2 Å². The topological polar surface area (TPSA) is 140 Å². The van der Waals surface area contributed by atoms with E-state index in [1.165, 1.54) is 33.5 Å². The van der Waals surface area contributed by atoms with Crippen molar-refractivity contribution in [2.45, 2.75) is 55.4 Å². The third-order valence-corrected chi connectivity index (χ3v) is 8.92. The van der Waals surface area contributed by atoms with Gasteiger partial charge in [-0.25, -0.2) is 13.2 Å². The van der Waals surface area contributed by atoms with Gasteiger partial charge in [-0.2, -0.15) is 9.57 Å². The number of nitrogens with zero attached hydrogens (tertiary/aromatic N) is 3. The van der Waals surface area contributed by atoms with E-state index < -0.39 is 15.6 Å². The van der Waals surface area contributed by atoms with E-state index in [4.69, 9.17) is 5.26 Å². The Morgan fingerprint density at radius 2 is 1.79 bits per heavy atom.